The molecule has 0 aromatic heterocycles. The summed E-state index contributed by atoms with van der Waals surface area (Å²) in [6, 6.07) is 5.60. The summed E-state index contributed by atoms with van der Waals surface area (Å²) in [7, 11) is 1.66. The Morgan fingerprint density at radius 2 is 2.10 bits per heavy atom. The first kappa shape index (κ1) is 22.5. The highest BCUT2D eigenvalue weighted by atomic mass is 16.5. The molecule has 1 aromatic rings. The maximum atomic E-state index is 12.5. The molecule has 0 spiro atoms. The largest absolute Gasteiger partial charge is 0.496 e. The lowest BCUT2D eigenvalue weighted by atomic mass is 10.1. The molecule has 0 bridgehead atoms. The lowest BCUT2D eigenvalue weighted by Crippen LogP contribution is -2.56. The number of carbonyl (C=O) groups excluding carboxylic acids is 2. The standard InChI is InChI=1S/C22H34N4O4/c1-17-14-18(4-5-20(17)29-2)16-26-9-7-24-22(28)19(26)15-21(27)23-6-3-8-25-10-12-30-13-11-25/h4-5,14,19H,3,6-13,15-16H2,1-2H3,(H,23,27)(H,24,28). The summed E-state index contributed by atoms with van der Waals surface area (Å²) >= 11 is 0. The Hall–Kier alpha value is -2.16. The van der Waals surface area contributed by atoms with Gasteiger partial charge in [0.05, 0.1) is 32.8 Å². The molecule has 0 aliphatic carbocycles. The number of piperazine rings is 1. The summed E-state index contributed by atoms with van der Waals surface area (Å²) < 4.78 is 10.7. The predicted molar refractivity (Wildman–Crippen MR) is 114 cm³/mol. The van der Waals surface area contributed by atoms with Crippen LogP contribution in [-0.4, -0.2) is 87.2 Å². The smallest absolute Gasteiger partial charge is 0.237 e. The maximum absolute atomic E-state index is 12.5. The van der Waals surface area contributed by atoms with E-state index in [1.54, 1.807) is 7.11 Å². The van der Waals surface area contributed by atoms with Crippen LogP contribution < -0.4 is 15.4 Å². The van der Waals surface area contributed by atoms with Crippen molar-refractivity contribution in [3.8, 4) is 5.75 Å². The van der Waals surface area contributed by atoms with Gasteiger partial charge in [-0.15, -0.1) is 0 Å². The molecule has 0 saturated carbocycles. The van der Waals surface area contributed by atoms with Gasteiger partial charge in [-0.1, -0.05) is 12.1 Å². The van der Waals surface area contributed by atoms with Crippen LogP contribution in [0.3, 0.4) is 0 Å². The van der Waals surface area contributed by atoms with E-state index in [4.69, 9.17) is 9.47 Å². The molecule has 30 heavy (non-hydrogen) atoms. The van der Waals surface area contributed by atoms with Crippen molar-refractivity contribution in [1.82, 2.24) is 20.4 Å². The number of hydrogen-bond donors (Lipinski definition) is 2. The second-order valence-electron chi connectivity index (χ2n) is 7.94. The van der Waals surface area contributed by atoms with E-state index in [0.29, 0.717) is 19.6 Å². The molecule has 2 aliphatic heterocycles. The molecular weight excluding hydrogens is 384 g/mol. The van der Waals surface area contributed by atoms with Crippen molar-refractivity contribution in [3.63, 3.8) is 0 Å². The van der Waals surface area contributed by atoms with Crippen molar-refractivity contribution in [3.05, 3.63) is 29.3 Å². The minimum atomic E-state index is -0.444. The summed E-state index contributed by atoms with van der Waals surface area (Å²) in [6.45, 7) is 9.03. The number of carbonyl (C=O) groups is 2. The van der Waals surface area contributed by atoms with Gasteiger partial charge in [0.1, 0.15) is 5.75 Å². The third-order valence-corrected chi connectivity index (χ3v) is 5.74. The van der Waals surface area contributed by atoms with Gasteiger partial charge in [-0.05, 0) is 37.1 Å². The lowest BCUT2D eigenvalue weighted by molar-refractivity contribution is -0.134. The van der Waals surface area contributed by atoms with Gasteiger partial charge < -0.3 is 20.1 Å². The van der Waals surface area contributed by atoms with Crippen molar-refractivity contribution < 1.29 is 19.1 Å². The fourth-order valence-corrected chi connectivity index (χ4v) is 4.05. The first-order valence-electron chi connectivity index (χ1n) is 10.8. The number of ether oxygens (including phenoxy) is 2. The summed E-state index contributed by atoms with van der Waals surface area (Å²) in [6.07, 6.45) is 1.08. The summed E-state index contributed by atoms with van der Waals surface area (Å²) in [5, 5.41) is 5.87. The van der Waals surface area contributed by atoms with E-state index in [0.717, 1.165) is 62.7 Å². The average Bonchev–Trinajstić information content (AvgIpc) is 2.75. The van der Waals surface area contributed by atoms with Gasteiger partial charge in [-0.2, -0.15) is 0 Å². The van der Waals surface area contributed by atoms with E-state index < -0.39 is 6.04 Å². The molecule has 1 atom stereocenters. The summed E-state index contributed by atoms with van der Waals surface area (Å²) in [5.74, 6) is 0.702. The molecule has 2 amide bonds. The minimum Gasteiger partial charge on any atom is -0.496 e. The number of hydrogen-bond acceptors (Lipinski definition) is 6. The van der Waals surface area contributed by atoms with Crippen LogP contribution in [0, 0.1) is 6.92 Å². The molecule has 1 aromatic carbocycles. The van der Waals surface area contributed by atoms with E-state index in [-0.39, 0.29) is 18.2 Å². The van der Waals surface area contributed by atoms with E-state index in [9.17, 15) is 9.59 Å². The molecule has 166 valence electrons. The number of methoxy groups -OCH3 is 1. The van der Waals surface area contributed by atoms with Crippen LogP contribution in [0.1, 0.15) is 24.0 Å². The van der Waals surface area contributed by atoms with Crippen LogP contribution in [-0.2, 0) is 20.9 Å². The maximum Gasteiger partial charge on any atom is 0.237 e. The quantitative estimate of drug-likeness (QED) is 0.570. The monoisotopic (exact) mass is 418 g/mol. The number of morpholine rings is 1. The van der Waals surface area contributed by atoms with Gasteiger partial charge in [0.25, 0.3) is 0 Å². The van der Waals surface area contributed by atoms with Gasteiger partial charge in [0.15, 0.2) is 0 Å². The van der Waals surface area contributed by atoms with Crippen LogP contribution in [0.2, 0.25) is 0 Å². The zero-order valence-electron chi connectivity index (χ0n) is 18.1. The Morgan fingerprint density at radius 3 is 2.83 bits per heavy atom. The first-order chi connectivity index (χ1) is 14.6. The second-order valence-corrected chi connectivity index (χ2v) is 7.94. The van der Waals surface area contributed by atoms with Gasteiger partial charge >= 0.3 is 0 Å². The highest BCUT2D eigenvalue weighted by Gasteiger charge is 2.31. The Morgan fingerprint density at radius 1 is 1.30 bits per heavy atom. The van der Waals surface area contributed by atoms with E-state index in [1.807, 2.05) is 19.1 Å². The fraction of sp³-hybridized carbons (Fsp3) is 0.636. The summed E-state index contributed by atoms with van der Waals surface area (Å²) in [4.78, 5) is 29.4. The van der Waals surface area contributed by atoms with Crippen molar-refractivity contribution in [1.29, 1.82) is 0 Å². The van der Waals surface area contributed by atoms with Gasteiger partial charge in [0, 0.05) is 39.3 Å². The molecule has 2 N–H and O–H groups in total. The Labute approximate surface area is 178 Å². The van der Waals surface area contributed by atoms with Crippen molar-refractivity contribution in [2.24, 2.45) is 0 Å². The third kappa shape index (κ3) is 6.42. The number of nitrogens with zero attached hydrogens (tertiary/aromatic N) is 2. The third-order valence-electron chi connectivity index (χ3n) is 5.74. The van der Waals surface area contributed by atoms with E-state index in [2.05, 4.69) is 26.5 Å². The first-order valence-corrected chi connectivity index (χ1v) is 10.8. The van der Waals surface area contributed by atoms with Crippen LogP contribution in [0.15, 0.2) is 18.2 Å². The molecule has 2 aliphatic rings. The predicted octanol–water partition coefficient (Wildman–Crippen LogP) is 0.533. The zero-order chi connectivity index (χ0) is 21.3. The molecular formula is C22H34N4O4. The number of aryl methyl sites for hydroxylation is 1. The Kier molecular flexibility index (Phi) is 8.48. The van der Waals surface area contributed by atoms with Crippen LogP contribution >= 0.6 is 0 Å². The Balaban J connectivity index is 1.48. The van der Waals surface area contributed by atoms with Gasteiger partial charge in [0.2, 0.25) is 11.8 Å². The molecule has 8 heteroatoms. The van der Waals surface area contributed by atoms with E-state index in [1.165, 1.54) is 0 Å². The number of rotatable bonds is 9. The summed E-state index contributed by atoms with van der Waals surface area (Å²) in [5.41, 5.74) is 2.17. The van der Waals surface area contributed by atoms with Crippen LogP contribution in [0.4, 0.5) is 0 Å². The normalized spacial score (nSPS) is 20.6. The van der Waals surface area contributed by atoms with E-state index >= 15 is 0 Å². The molecule has 3 rings (SSSR count). The van der Waals surface area contributed by atoms with Crippen LogP contribution in [0.5, 0.6) is 5.75 Å². The van der Waals surface area contributed by atoms with Crippen molar-refractivity contribution in [2.45, 2.75) is 32.4 Å². The van der Waals surface area contributed by atoms with Crippen molar-refractivity contribution in [2.75, 3.05) is 59.6 Å². The van der Waals surface area contributed by atoms with Gasteiger partial charge in [-0.25, -0.2) is 0 Å². The fourth-order valence-electron chi connectivity index (χ4n) is 4.05. The number of amides is 2. The van der Waals surface area contributed by atoms with Crippen molar-refractivity contribution >= 4 is 11.8 Å². The molecule has 2 saturated heterocycles. The second kappa shape index (κ2) is 11.3. The molecule has 0 radical (unpaired) electrons. The SMILES string of the molecule is COc1ccc(CN2CCNC(=O)C2CC(=O)NCCCN2CCOCC2)cc1C. The lowest BCUT2D eigenvalue weighted by Gasteiger charge is -2.34. The Bertz CT molecular complexity index is 721. The highest BCUT2D eigenvalue weighted by Crippen LogP contribution is 2.21. The molecule has 2 heterocycles. The number of benzene rings is 1. The molecule has 8 nitrogen and oxygen atoms in total. The highest BCUT2D eigenvalue weighted by molar-refractivity contribution is 5.88. The average molecular weight is 419 g/mol. The molecule has 1 unspecified atom stereocenters. The van der Waals surface area contributed by atoms with Crippen LogP contribution in [0.25, 0.3) is 0 Å². The zero-order valence-corrected chi connectivity index (χ0v) is 18.1. The molecule has 2 fully saturated rings. The topological polar surface area (TPSA) is 83.1 Å². The number of nitrogens with one attached hydrogen (secondary N) is 2. The minimum absolute atomic E-state index is 0.0741. The van der Waals surface area contributed by atoms with Gasteiger partial charge in [-0.3, -0.25) is 19.4 Å².